The minimum atomic E-state index is 0.219. The Hall–Kier alpha value is -0.570. The lowest BCUT2D eigenvalue weighted by Gasteiger charge is -2.31. The van der Waals surface area contributed by atoms with Gasteiger partial charge in [0.15, 0.2) is 13.2 Å². The van der Waals surface area contributed by atoms with Gasteiger partial charge in [-0.2, -0.15) is 0 Å². The molecule has 0 atom stereocenters. The molecule has 0 bridgehead atoms. The van der Waals surface area contributed by atoms with Gasteiger partial charge in [0.2, 0.25) is 0 Å². The molecule has 0 aromatic rings. The average Bonchev–Trinajstić information content (AvgIpc) is 2.34. The SMILES string of the molecule is CCC[N+]1(CCC)CNC(=O)C1. The van der Waals surface area contributed by atoms with Crippen molar-refractivity contribution in [2.75, 3.05) is 26.3 Å². The standard InChI is InChI=1S/C9H18N2O/c1-3-5-11(6-4-2)7-9(12)10-8-11/h3-8H2,1-2H3/p+1. The zero-order valence-electron chi connectivity index (χ0n) is 8.10. The molecule has 0 spiro atoms. The summed E-state index contributed by atoms with van der Waals surface area (Å²) in [5, 5.41) is 2.91. The van der Waals surface area contributed by atoms with Crippen LogP contribution in [0.15, 0.2) is 0 Å². The highest BCUT2D eigenvalue weighted by Gasteiger charge is 2.34. The van der Waals surface area contributed by atoms with Gasteiger partial charge in [0.1, 0.15) is 0 Å². The van der Waals surface area contributed by atoms with Crippen LogP contribution in [0.3, 0.4) is 0 Å². The van der Waals surface area contributed by atoms with Crippen molar-refractivity contribution in [3.63, 3.8) is 0 Å². The van der Waals surface area contributed by atoms with Crippen molar-refractivity contribution in [2.24, 2.45) is 0 Å². The number of nitrogens with one attached hydrogen (secondary N) is 1. The number of carbonyl (C=O) groups excluding carboxylic acids is 1. The molecule has 1 fully saturated rings. The summed E-state index contributed by atoms with van der Waals surface area (Å²) in [6, 6.07) is 0. The Labute approximate surface area is 74.3 Å². The maximum atomic E-state index is 11.1. The van der Waals surface area contributed by atoms with Gasteiger partial charge >= 0.3 is 0 Å². The van der Waals surface area contributed by atoms with E-state index in [1.165, 1.54) is 0 Å². The number of rotatable bonds is 4. The van der Waals surface area contributed by atoms with Gasteiger partial charge in [-0.25, -0.2) is 0 Å². The van der Waals surface area contributed by atoms with Gasteiger partial charge in [-0.3, -0.25) is 9.28 Å². The van der Waals surface area contributed by atoms with E-state index in [9.17, 15) is 4.79 Å². The molecule has 1 aliphatic heterocycles. The number of amides is 1. The normalized spacial score (nSPS) is 21.0. The summed E-state index contributed by atoms with van der Waals surface area (Å²) in [7, 11) is 0. The summed E-state index contributed by atoms with van der Waals surface area (Å²) in [6.07, 6.45) is 2.32. The smallest absolute Gasteiger partial charge is 0.279 e. The minimum absolute atomic E-state index is 0.219. The molecule has 1 N–H and O–H groups in total. The number of carbonyl (C=O) groups is 1. The summed E-state index contributed by atoms with van der Waals surface area (Å²) in [5.74, 6) is 0.219. The van der Waals surface area contributed by atoms with Crippen LogP contribution in [0, 0.1) is 0 Å². The van der Waals surface area contributed by atoms with Gasteiger partial charge in [-0.05, 0) is 12.8 Å². The lowest BCUT2D eigenvalue weighted by molar-refractivity contribution is -0.914. The number of hydrogen-bond acceptors (Lipinski definition) is 1. The molecule has 12 heavy (non-hydrogen) atoms. The molecule has 1 heterocycles. The number of quaternary nitrogens is 1. The molecular formula is C9H19N2O+. The molecule has 70 valence electrons. The predicted octanol–water partition coefficient (Wildman–Crippen LogP) is 0.710. The fraction of sp³-hybridized carbons (Fsp3) is 0.889. The van der Waals surface area contributed by atoms with E-state index >= 15 is 0 Å². The van der Waals surface area contributed by atoms with Gasteiger partial charge in [-0.15, -0.1) is 0 Å². The Morgan fingerprint density at radius 2 is 1.92 bits per heavy atom. The summed E-state index contributed by atoms with van der Waals surface area (Å²) < 4.78 is 0.964. The second kappa shape index (κ2) is 3.90. The highest BCUT2D eigenvalue weighted by molar-refractivity contribution is 5.78. The Balaban J connectivity index is 2.54. The first kappa shape index (κ1) is 9.52. The van der Waals surface area contributed by atoms with Gasteiger partial charge in [0, 0.05) is 0 Å². The van der Waals surface area contributed by atoms with E-state index in [1.807, 2.05) is 0 Å². The molecule has 1 rings (SSSR count). The first-order chi connectivity index (χ1) is 5.72. The van der Waals surface area contributed by atoms with Crippen LogP contribution < -0.4 is 5.32 Å². The molecule has 1 aliphatic rings. The molecule has 0 aliphatic carbocycles. The molecule has 1 saturated heterocycles. The molecule has 0 unspecified atom stereocenters. The van der Waals surface area contributed by atoms with Crippen LogP contribution in [0.1, 0.15) is 26.7 Å². The third-order valence-electron chi connectivity index (χ3n) is 2.49. The van der Waals surface area contributed by atoms with Crippen molar-refractivity contribution in [3.8, 4) is 0 Å². The fourth-order valence-corrected chi connectivity index (χ4v) is 2.05. The Morgan fingerprint density at radius 1 is 1.33 bits per heavy atom. The van der Waals surface area contributed by atoms with Gasteiger partial charge in [0.05, 0.1) is 13.1 Å². The maximum Gasteiger partial charge on any atom is 0.279 e. The Kier molecular flexibility index (Phi) is 3.09. The summed E-state index contributed by atoms with van der Waals surface area (Å²) in [4.78, 5) is 11.1. The van der Waals surface area contributed by atoms with Gasteiger partial charge < -0.3 is 5.32 Å². The van der Waals surface area contributed by atoms with Crippen LogP contribution in [0.4, 0.5) is 0 Å². The monoisotopic (exact) mass is 171 g/mol. The van der Waals surface area contributed by atoms with Crippen LogP contribution in [0.5, 0.6) is 0 Å². The Morgan fingerprint density at radius 3 is 2.25 bits per heavy atom. The van der Waals surface area contributed by atoms with Gasteiger partial charge in [0.25, 0.3) is 5.91 Å². The molecule has 0 saturated carbocycles. The van der Waals surface area contributed by atoms with Crippen molar-refractivity contribution in [1.82, 2.24) is 5.32 Å². The molecule has 1 amide bonds. The third kappa shape index (κ3) is 1.97. The maximum absolute atomic E-state index is 11.1. The minimum Gasteiger partial charge on any atom is -0.304 e. The third-order valence-corrected chi connectivity index (χ3v) is 2.49. The molecule has 3 nitrogen and oxygen atoms in total. The van der Waals surface area contributed by atoms with E-state index in [1.54, 1.807) is 0 Å². The zero-order valence-corrected chi connectivity index (χ0v) is 8.10. The number of nitrogens with zero attached hydrogens (tertiary/aromatic N) is 1. The summed E-state index contributed by atoms with van der Waals surface area (Å²) in [5.41, 5.74) is 0. The molecule has 0 aromatic carbocycles. The van der Waals surface area contributed by atoms with Crippen LogP contribution in [0.25, 0.3) is 0 Å². The molecule has 0 aromatic heterocycles. The topological polar surface area (TPSA) is 29.1 Å². The first-order valence-corrected chi connectivity index (χ1v) is 4.84. The first-order valence-electron chi connectivity index (χ1n) is 4.84. The summed E-state index contributed by atoms with van der Waals surface area (Å²) in [6.45, 7) is 8.16. The van der Waals surface area contributed by atoms with Crippen molar-refractivity contribution >= 4 is 5.91 Å². The second-order valence-corrected chi connectivity index (χ2v) is 3.71. The van der Waals surface area contributed by atoms with Crippen LogP contribution in [0.2, 0.25) is 0 Å². The van der Waals surface area contributed by atoms with Crippen molar-refractivity contribution < 1.29 is 9.28 Å². The van der Waals surface area contributed by atoms with E-state index in [4.69, 9.17) is 0 Å². The van der Waals surface area contributed by atoms with Crippen LogP contribution >= 0.6 is 0 Å². The number of hydrogen-bond donors (Lipinski definition) is 1. The van der Waals surface area contributed by atoms with Crippen molar-refractivity contribution in [1.29, 1.82) is 0 Å². The second-order valence-electron chi connectivity index (χ2n) is 3.71. The quantitative estimate of drug-likeness (QED) is 0.620. The highest BCUT2D eigenvalue weighted by atomic mass is 16.2. The summed E-state index contributed by atoms with van der Waals surface area (Å²) >= 11 is 0. The zero-order chi connectivity index (χ0) is 9.03. The molecular weight excluding hydrogens is 152 g/mol. The van der Waals surface area contributed by atoms with E-state index < -0.39 is 0 Å². The predicted molar refractivity (Wildman–Crippen MR) is 48.5 cm³/mol. The van der Waals surface area contributed by atoms with Crippen molar-refractivity contribution in [2.45, 2.75) is 26.7 Å². The Bertz CT molecular complexity index is 162. The van der Waals surface area contributed by atoms with E-state index in [0.717, 1.165) is 37.1 Å². The average molecular weight is 171 g/mol. The van der Waals surface area contributed by atoms with Crippen LogP contribution in [-0.2, 0) is 4.79 Å². The van der Waals surface area contributed by atoms with E-state index in [2.05, 4.69) is 19.2 Å². The van der Waals surface area contributed by atoms with E-state index in [-0.39, 0.29) is 5.91 Å². The highest BCUT2D eigenvalue weighted by Crippen LogP contribution is 2.12. The van der Waals surface area contributed by atoms with Gasteiger partial charge in [-0.1, -0.05) is 13.8 Å². The van der Waals surface area contributed by atoms with E-state index in [0.29, 0.717) is 6.54 Å². The molecule has 0 radical (unpaired) electrons. The fourth-order valence-electron chi connectivity index (χ4n) is 2.05. The lowest BCUT2D eigenvalue weighted by atomic mass is 10.3. The van der Waals surface area contributed by atoms with Crippen molar-refractivity contribution in [3.05, 3.63) is 0 Å². The molecule has 3 heteroatoms. The largest absolute Gasteiger partial charge is 0.304 e. The van der Waals surface area contributed by atoms with Crippen LogP contribution in [-0.4, -0.2) is 36.7 Å². The lowest BCUT2D eigenvalue weighted by Crippen LogP contribution is -2.47.